The molecule has 0 radical (unpaired) electrons. The molecule has 1 aliphatic carbocycles. The van der Waals surface area contributed by atoms with Crippen molar-refractivity contribution in [1.29, 1.82) is 0 Å². The van der Waals surface area contributed by atoms with Crippen molar-refractivity contribution in [3.05, 3.63) is 89.0 Å². The van der Waals surface area contributed by atoms with Gasteiger partial charge < -0.3 is 9.84 Å². The van der Waals surface area contributed by atoms with Gasteiger partial charge in [-0.1, -0.05) is 66.8 Å². The Bertz CT molecular complexity index is 874. The maximum Gasteiger partial charge on any atom is 0.313 e. The zero-order valence-corrected chi connectivity index (χ0v) is 15.9. The first-order chi connectivity index (χ1) is 13.6. The van der Waals surface area contributed by atoms with Crippen LogP contribution in [0.2, 0.25) is 0 Å². The maximum absolute atomic E-state index is 11.8. The van der Waals surface area contributed by atoms with Gasteiger partial charge in [0.1, 0.15) is 12.2 Å². The molecule has 0 saturated heterocycles. The highest BCUT2D eigenvalue weighted by molar-refractivity contribution is 5.95. The van der Waals surface area contributed by atoms with Crippen LogP contribution in [0.3, 0.4) is 0 Å². The van der Waals surface area contributed by atoms with Gasteiger partial charge in [0.05, 0.1) is 13.2 Å². The second kappa shape index (κ2) is 9.29. The Balaban J connectivity index is 1.82. The molecule has 2 aromatic rings. The molecule has 1 atom stereocenters. The van der Waals surface area contributed by atoms with Crippen molar-refractivity contribution in [1.82, 2.24) is 0 Å². The lowest BCUT2D eigenvalue weighted by Crippen LogP contribution is -2.15. The van der Waals surface area contributed by atoms with Crippen LogP contribution in [0.5, 0.6) is 0 Å². The Morgan fingerprint density at radius 2 is 1.61 bits per heavy atom. The van der Waals surface area contributed by atoms with E-state index in [-0.39, 0.29) is 18.6 Å². The number of aliphatic hydroxyl groups is 1. The molecule has 1 aliphatic rings. The number of ketones is 1. The Labute approximate surface area is 165 Å². The summed E-state index contributed by atoms with van der Waals surface area (Å²) in [6.07, 6.45) is 5.95. The Hall–Kier alpha value is -2.98. The number of benzene rings is 2. The number of aliphatic hydroxyl groups excluding tert-OH is 1. The van der Waals surface area contributed by atoms with E-state index in [1.165, 1.54) is 29.4 Å². The van der Waals surface area contributed by atoms with E-state index in [0.717, 1.165) is 18.4 Å². The number of carbonyl (C=O) groups excluding carboxylic acids is 2. The number of fused-ring (bicyclic) bond motifs is 2. The fraction of sp³-hybridized carbons (Fsp3) is 0.250. The van der Waals surface area contributed by atoms with Crippen molar-refractivity contribution < 1.29 is 19.4 Å². The average molecular weight is 376 g/mol. The van der Waals surface area contributed by atoms with Gasteiger partial charge in [-0.3, -0.25) is 9.59 Å². The molecule has 144 valence electrons. The summed E-state index contributed by atoms with van der Waals surface area (Å²) in [6, 6.07) is 16.7. The summed E-state index contributed by atoms with van der Waals surface area (Å²) >= 11 is 0. The van der Waals surface area contributed by atoms with Crippen molar-refractivity contribution in [2.75, 3.05) is 7.11 Å². The predicted octanol–water partition coefficient (Wildman–Crippen LogP) is 3.66. The third-order valence-corrected chi connectivity index (χ3v) is 4.88. The van der Waals surface area contributed by atoms with Gasteiger partial charge in [0.25, 0.3) is 0 Å². The van der Waals surface area contributed by atoms with Crippen LogP contribution in [0.4, 0.5) is 0 Å². The minimum Gasteiger partial charge on any atom is -0.469 e. The maximum atomic E-state index is 11.8. The lowest BCUT2D eigenvalue weighted by molar-refractivity contribution is -0.143. The predicted molar refractivity (Wildman–Crippen MR) is 109 cm³/mol. The van der Waals surface area contributed by atoms with Crippen LogP contribution in [0.1, 0.15) is 35.1 Å². The Morgan fingerprint density at radius 1 is 1.04 bits per heavy atom. The van der Waals surface area contributed by atoms with Gasteiger partial charge in [0, 0.05) is 6.42 Å². The van der Waals surface area contributed by atoms with E-state index in [1.807, 2.05) is 18.2 Å². The molecule has 0 aliphatic heterocycles. The molecule has 2 aromatic carbocycles. The number of carbonyl (C=O) groups is 2. The van der Waals surface area contributed by atoms with Crippen LogP contribution in [0.15, 0.2) is 66.8 Å². The first-order valence-corrected chi connectivity index (χ1v) is 9.40. The fourth-order valence-corrected chi connectivity index (χ4v) is 3.48. The third-order valence-electron chi connectivity index (χ3n) is 4.88. The van der Waals surface area contributed by atoms with Gasteiger partial charge in [-0.25, -0.2) is 0 Å². The first-order valence-electron chi connectivity index (χ1n) is 9.40. The Kier molecular flexibility index (Phi) is 6.56. The van der Waals surface area contributed by atoms with Crippen LogP contribution in [-0.2, 0) is 27.2 Å². The van der Waals surface area contributed by atoms with Crippen molar-refractivity contribution in [3.63, 3.8) is 0 Å². The number of methoxy groups -OCH3 is 1. The standard InChI is InChI=1S/C24H24O4/c1-28-24(27)16-20(26)15-19(25)9-6-12-23-21-10-4-2-7-17(21)13-14-18-8-3-5-11-22(18)23/h2-12,19,25H,13-16H2,1H3/b9-6+. The number of aryl methyl sites for hydroxylation is 2. The number of Topliss-reactive ketones (excluding diaryl/α,β-unsaturated/α-hetero) is 1. The van der Waals surface area contributed by atoms with Crippen LogP contribution in [-0.4, -0.2) is 30.1 Å². The zero-order chi connectivity index (χ0) is 19.9. The van der Waals surface area contributed by atoms with Crippen molar-refractivity contribution >= 4 is 17.3 Å². The molecule has 4 heteroatoms. The molecule has 0 spiro atoms. The van der Waals surface area contributed by atoms with Gasteiger partial charge in [0.15, 0.2) is 0 Å². The lowest BCUT2D eigenvalue weighted by atomic mass is 9.93. The average Bonchev–Trinajstić information content (AvgIpc) is 2.85. The molecular weight excluding hydrogens is 352 g/mol. The number of hydrogen-bond acceptors (Lipinski definition) is 4. The molecule has 0 heterocycles. The summed E-state index contributed by atoms with van der Waals surface area (Å²) in [6.45, 7) is 0. The zero-order valence-electron chi connectivity index (χ0n) is 15.9. The van der Waals surface area contributed by atoms with Crippen molar-refractivity contribution in [2.24, 2.45) is 0 Å². The molecular formula is C24H24O4. The summed E-state index contributed by atoms with van der Waals surface area (Å²) in [5.74, 6) is -0.934. The smallest absolute Gasteiger partial charge is 0.313 e. The highest BCUT2D eigenvalue weighted by Gasteiger charge is 2.17. The third kappa shape index (κ3) is 4.84. The molecule has 1 unspecified atom stereocenters. The van der Waals surface area contributed by atoms with Crippen LogP contribution < -0.4 is 0 Å². The summed E-state index contributed by atoms with van der Waals surface area (Å²) in [5, 5.41) is 10.1. The summed E-state index contributed by atoms with van der Waals surface area (Å²) in [5.41, 5.74) is 6.08. The van der Waals surface area contributed by atoms with E-state index in [4.69, 9.17) is 0 Å². The molecule has 0 bridgehead atoms. The summed E-state index contributed by atoms with van der Waals surface area (Å²) in [7, 11) is 1.24. The van der Waals surface area contributed by atoms with E-state index < -0.39 is 12.1 Å². The minimum atomic E-state index is -0.940. The second-order valence-corrected chi connectivity index (χ2v) is 6.84. The first kappa shape index (κ1) is 19.8. The highest BCUT2D eigenvalue weighted by Crippen LogP contribution is 2.33. The topological polar surface area (TPSA) is 63.6 Å². The van der Waals surface area contributed by atoms with Gasteiger partial charge in [-0.2, -0.15) is 0 Å². The number of esters is 1. The number of ether oxygens (including phenoxy) is 1. The molecule has 0 amide bonds. The number of hydrogen-bond donors (Lipinski definition) is 1. The van der Waals surface area contributed by atoms with Gasteiger partial charge in [-0.05, 0) is 40.7 Å². The van der Waals surface area contributed by atoms with E-state index in [2.05, 4.69) is 41.1 Å². The van der Waals surface area contributed by atoms with E-state index >= 15 is 0 Å². The molecule has 28 heavy (non-hydrogen) atoms. The molecule has 1 N–H and O–H groups in total. The van der Waals surface area contributed by atoms with Crippen LogP contribution in [0.25, 0.3) is 5.57 Å². The molecule has 0 aromatic heterocycles. The van der Waals surface area contributed by atoms with E-state index in [1.54, 1.807) is 12.2 Å². The number of allylic oxidation sites excluding steroid dienone is 2. The SMILES string of the molecule is COC(=O)CC(=O)CC(O)/C=C/C=C1c2ccccc2CCc2ccccc21. The normalized spacial score (nSPS) is 14.0. The molecule has 0 fully saturated rings. The monoisotopic (exact) mass is 376 g/mol. The minimum absolute atomic E-state index is 0.109. The van der Waals surface area contributed by atoms with Crippen molar-refractivity contribution in [3.8, 4) is 0 Å². The molecule has 4 nitrogen and oxygen atoms in total. The number of rotatable bonds is 6. The highest BCUT2D eigenvalue weighted by atomic mass is 16.5. The largest absolute Gasteiger partial charge is 0.469 e. The van der Waals surface area contributed by atoms with Crippen molar-refractivity contribution in [2.45, 2.75) is 31.8 Å². The summed E-state index contributed by atoms with van der Waals surface area (Å²) in [4.78, 5) is 22.9. The van der Waals surface area contributed by atoms with Gasteiger partial charge in [0.2, 0.25) is 0 Å². The Morgan fingerprint density at radius 3 is 2.18 bits per heavy atom. The second-order valence-electron chi connectivity index (χ2n) is 6.84. The molecule has 3 rings (SSSR count). The summed E-state index contributed by atoms with van der Waals surface area (Å²) < 4.78 is 4.47. The van der Waals surface area contributed by atoms with Crippen LogP contribution >= 0.6 is 0 Å². The fourth-order valence-electron chi connectivity index (χ4n) is 3.48. The lowest BCUT2D eigenvalue weighted by Gasteiger charge is -2.11. The van der Waals surface area contributed by atoms with Crippen LogP contribution in [0, 0.1) is 0 Å². The van der Waals surface area contributed by atoms with Gasteiger partial charge in [-0.15, -0.1) is 0 Å². The quantitative estimate of drug-likeness (QED) is 0.617. The van der Waals surface area contributed by atoms with E-state index in [0.29, 0.717) is 0 Å². The molecule has 0 saturated carbocycles. The van der Waals surface area contributed by atoms with E-state index in [9.17, 15) is 14.7 Å². The van der Waals surface area contributed by atoms with Gasteiger partial charge >= 0.3 is 5.97 Å².